The van der Waals surface area contributed by atoms with Gasteiger partial charge in [-0.25, -0.2) is 4.79 Å². The number of carboxylic acid groups (broad SMARTS) is 1. The van der Waals surface area contributed by atoms with Crippen LogP contribution in [0.15, 0.2) is 12.1 Å². The number of hydrogen-bond acceptors (Lipinski definition) is 6. The second kappa shape index (κ2) is 5.03. The lowest BCUT2D eigenvalue weighted by molar-refractivity contribution is -0.396. The van der Waals surface area contributed by atoms with E-state index in [1.807, 2.05) is 0 Å². The van der Waals surface area contributed by atoms with Crippen molar-refractivity contribution in [2.75, 3.05) is 6.61 Å². The van der Waals surface area contributed by atoms with Crippen molar-refractivity contribution in [1.82, 2.24) is 0 Å². The third kappa shape index (κ3) is 2.87. The van der Waals surface area contributed by atoms with E-state index < -0.39 is 45.4 Å². The van der Waals surface area contributed by atoms with Crippen LogP contribution in [0.4, 0.5) is 15.8 Å². The Labute approximate surface area is 97.7 Å². The molecular formula is C8H5FN2O7. The molecule has 0 radical (unpaired) electrons. The van der Waals surface area contributed by atoms with Gasteiger partial charge in [0.15, 0.2) is 6.61 Å². The van der Waals surface area contributed by atoms with Crippen molar-refractivity contribution in [3.8, 4) is 5.75 Å². The number of rotatable bonds is 5. The summed E-state index contributed by atoms with van der Waals surface area (Å²) in [5.74, 6) is -3.47. The van der Waals surface area contributed by atoms with Crippen molar-refractivity contribution in [1.29, 1.82) is 0 Å². The number of hydrogen-bond donors (Lipinski definition) is 1. The molecule has 0 unspecified atom stereocenters. The lowest BCUT2D eigenvalue weighted by Gasteiger charge is -2.04. The van der Waals surface area contributed by atoms with Crippen LogP contribution in [-0.2, 0) is 4.79 Å². The first-order valence-corrected chi connectivity index (χ1v) is 4.30. The molecule has 1 aromatic rings. The van der Waals surface area contributed by atoms with Crippen LogP contribution in [0.1, 0.15) is 0 Å². The highest BCUT2D eigenvalue weighted by Gasteiger charge is 2.26. The predicted molar refractivity (Wildman–Crippen MR) is 52.8 cm³/mol. The van der Waals surface area contributed by atoms with E-state index in [0.717, 1.165) is 0 Å². The van der Waals surface area contributed by atoms with Crippen LogP contribution < -0.4 is 4.74 Å². The normalized spacial score (nSPS) is 9.83. The zero-order chi connectivity index (χ0) is 13.9. The first-order chi connectivity index (χ1) is 8.32. The van der Waals surface area contributed by atoms with Gasteiger partial charge in [-0.15, -0.1) is 0 Å². The van der Waals surface area contributed by atoms with E-state index in [9.17, 15) is 29.4 Å². The number of nitrogens with zero attached hydrogens (tertiary/aromatic N) is 2. The number of nitro groups is 2. The van der Waals surface area contributed by atoms with Crippen LogP contribution in [0.3, 0.4) is 0 Å². The number of carboxylic acids is 1. The maximum absolute atomic E-state index is 13.2. The minimum absolute atomic E-state index is 0.368. The van der Waals surface area contributed by atoms with Crippen LogP contribution in [-0.4, -0.2) is 27.5 Å². The zero-order valence-corrected chi connectivity index (χ0v) is 8.53. The van der Waals surface area contributed by atoms with Crippen molar-refractivity contribution in [2.24, 2.45) is 0 Å². The van der Waals surface area contributed by atoms with Crippen molar-refractivity contribution in [3.05, 3.63) is 38.2 Å². The number of nitro benzene ring substituents is 2. The van der Waals surface area contributed by atoms with Crippen molar-refractivity contribution >= 4 is 17.3 Å². The molecular weight excluding hydrogens is 255 g/mol. The van der Waals surface area contributed by atoms with Gasteiger partial charge in [0, 0.05) is 6.07 Å². The van der Waals surface area contributed by atoms with Crippen LogP contribution in [0, 0.1) is 26.0 Å². The molecule has 0 saturated heterocycles. The molecule has 0 aliphatic rings. The maximum Gasteiger partial charge on any atom is 0.341 e. The lowest BCUT2D eigenvalue weighted by Crippen LogP contribution is -2.11. The van der Waals surface area contributed by atoms with Gasteiger partial charge in [-0.2, -0.15) is 4.39 Å². The average Bonchev–Trinajstić information content (AvgIpc) is 2.25. The molecule has 0 aliphatic heterocycles. The smallest absolute Gasteiger partial charge is 0.341 e. The summed E-state index contributed by atoms with van der Waals surface area (Å²) in [7, 11) is 0. The van der Waals surface area contributed by atoms with Crippen LogP contribution in [0.5, 0.6) is 5.75 Å². The van der Waals surface area contributed by atoms with E-state index in [2.05, 4.69) is 4.74 Å². The van der Waals surface area contributed by atoms with E-state index in [4.69, 9.17) is 5.11 Å². The molecule has 0 saturated carbocycles. The van der Waals surface area contributed by atoms with Crippen LogP contribution in [0.2, 0.25) is 0 Å². The van der Waals surface area contributed by atoms with Gasteiger partial charge in [-0.1, -0.05) is 0 Å². The molecule has 0 bridgehead atoms. The summed E-state index contributed by atoms with van der Waals surface area (Å²) in [6.45, 7) is -0.932. The molecule has 1 aromatic carbocycles. The molecule has 0 aliphatic carbocycles. The summed E-state index contributed by atoms with van der Waals surface area (Å²) in [6, 6.07) is 0.770. The minimum atomic E-state index is -1.43. The largest absolute Gasteiger partial charge is 0.479 e. The second-order valence-corrected chi connectivity index (χ2v) is 2.97. The quantitative estimate of drug-likeness (QED) is 0.618. The third-order valence-electron chi connectivity index (χ3n) is 1.77. The summed E-state index contributed by atoms with van der Waals surface area (Å²) in [5, 5.41) is 29.3. The fourth-order valence-corrected chi connectivity index (χ4v) is 1.07. The molecule has 9 nitrogen and oxygen atoms in total. The fourth-order valence-electron chi connectivity index (χ4n) is 1.07. The van der Waals surface area contributed by atoms with Gasteiger partial charge in [0.25, 0.3) is 0 Å². The van der Waals surface area contributed by atoms with Gasteiger partial charge in [-0.3, -0.25) is 20.2 Å². The van der Waals surface area contributed by atoms with Gasteiger partial charge in [0.2, 0.25) is 11.6 Å². The summed E-state index contributed by atoms with van der Waals surface area (Å²) in [4.78, 5) is 29.0. The Kier molecular flexibility index (Phi) is 3.72. The monoisotopic (exact) mass is 260 g/mol. The Morgan fingerprint density at radius 2 is 1.83 bits per heavy atom. The Morgan fingerprint density at radius 1 is 1.28 bits per heavy atom. The number of ether oxygens (including phenoxy) is 1. The number of halogens is 1. The molecule has 0 spiro atoms. The van der Waals surface area contributed by atoms with Gasteiger partial charge in [-0.05, 0) is 0 Å². The molecule has 0 heterocycles. The van der Waals surface area contributed by atoms with Gasteiger partial charge >= 0.3 is 17.3 Å². The van der Waals surface area contributed by atoms with Crippen molar-refractivity contribution < 1.29 is 28.9 Å². The van der Waals surface area contributed by atoms with Gasteiger partial charge in [0.05, 0.1) is 9.85 Å². The van der Waals surface area contributed by atoms with E-state index in [0.29, 0.717) is 12.1 Å². The Morgan fingerprint density at radius 3 is 2.28 bits per heavy atom. The molecule has 1 N–H and O–H groups in total. The molecule has 0 amide bonds. The zero-order valence-electron chi connectivity index (χ0n) is 8.53. The highest BCUT2D eigenvalue weighted by molar-refractivity contribution is 5.69. The second-order valence-electron chi connectivity index (χ2n) is 2.97. The molecule has 18 heavy (non-hydrogen) atoms. The highest BCUT2D eigenvalue weighted by atomic mass is 19.1. The molecule has 96 valence electrons. The minimum Gasteiger partial charge on any atom is -0.479 e. The predicted octanol–water partition coefficient (Wildman–Crippen LogP) is 1.11. The van der Waals surface area contributed by atoms with Crippen LogP contribution >= 0.6 is 0 Å². The number of benzene rings is 1. The summed E-state index contributed by atoms with van der Waals surface area (Å²) < 4.78 is 17.6. The summed E-state index contributed by atoms with van der Waals surface area (Å²) in [6.07, 6.45) is 0. The molecule has 0 aromatic heterocycles. The Bertz CT molecular complexity index is 530. The SMILES string of the molecule is O=C(O)COc1cc(F)c([N+](=O)[O-])cc1[N+](=O)[O-]. The highest BCUT2D eigenvalue weighted by Crippen LogP contribution is 2.33. The summed E-state index contributed by atoms with van der Waals surface area (Å²) >= 11 is 0. The summed E-state index contributed by atoms with van der Waals surface area (Å²) in [5.41, 5.74) is -1.98. The fraction of sp³-hybridized carbons (Fsp3) is 0.125. The van der Waals surface area contributed by atoms with Crippen molar-refractivity contribution in [2.45, 2.75) is 0 Å². The average molecular weight is 260 g/mol. The van der Waals surface area contributed by atoms with Crippen LogP contribution in [0.25, 0.3) is 0 Å². The number of carbonyl (C=O) groups is 1. The van der Waals surface area contributed by atoms with Crippen molar-refractivity contribution in [3.63, 3.8) is 0 Å². The van der Waals surface area contributed by atoms with E-state index in [1.165, 1.54) is 0 Å². The van der Waals surface area contributed by atoms with E-state index in [-0.39, 0.29) is 0 Å². The first kappa shape index (κ1) is 13.3. The van der Waals surface area contributed by atoms with Gasteiger partial charge < -0.3 is 9.84 Å². The standard InChI is InChI=1S/C8H5FN2O7/c9-4-1-7(18-3-8(12)13)6(11(16)17)2-5(4)10(14)15/h1-2H,3H2,(H,12,13). The Balaban J connectivity index is 3.24. The van der Waals surface area contributed by atoms with E-state index >= 15 is 0 Å². The molecule has 0 fully saturated rings. The third-order valence-corrected chi connectivity index (χ3v) is 1.77. The molecule has 1 rings (SSSR count). The first-order valence-electron chi connectivity index (χ1n) is 4.30. The lowest BCUT2D eigenvalue weighted by atomic mass is 10.2. The topological polar surface area (TPSA) is 133 Å². The number of aliphatic carboxylic acids is 1. The molecule has 0 atom stereocenters. The Hall–Kier alpha value is -2.78. The maximum atomic E-state index is 13.2. The van der Waals surface area contributed by atoms with E-state index in [1.54, 1.807) is 0 Å². The van der Waals surface area contributed by atoms with Gasteiger partial charge in [0.1, 0.15) is 6.07 Å². The molecule has 10 heteroatoms.